The molecule has 4 heteroatoms. The lowest BCUT2D eigenvalue weighted by Gasteiger charge is -1.99. The molecule has 0 fully saturated rings. The molecular formula is C8H10Cl2N2. The third-order valence-electron chi connectivity index (χ3n) is 1.26. The van der Waals surface area contributed by atoms with Gasteiger partial charge in [0.05, 0.1) is 16.0 Å². The van der Waals surface area contributed by atoms with Crippen LogP contribution in [0.15, 0.2) is 22.9 Å². The summed E-state index contributed by atoms with van der Waals surface area (Å²) in [5.74, 6) is 0. The van der Waals surface area contributed by atoms with Gasteiger partial charge in [-0.3, -0.25) is 0 Å². The highest BCUT2D eigenvalue weighted by Gasteiger charge is 2.03. The first-order valence-corrected chi connectivity index (χ1v) is 4.30. The van der Waals surface area contributed by atoms with Crippen LogP contribution in [0.4, 0.5) is 0 Å². The first-order chi connectivity index (χ1) is 5.65. The van der Waals surface area contributed by atoms with Crippen molar-refractivity contribution in [1.82, 2.24) is 0 Å². The second kappa shape index (κ2) is 5.93. The third-order valence-corrected chi connectivity index (χ3v) is 2.03. The molecule has 0 rings (SSSR count). The van der Waals surface area contributed by atoms with E-state index < -0.39 is 0 Å². The topological polar surface area (TPSA) is 49.8 Å². The zero-order valence-corrected chi connectivity index (χ0v) is 8.23. The minimum atomic E-state index is -0.152. The van der Waals surface area contributed by atoms with Crippen LogP contribution in [0.1, 0.15) is 13.3 Å². The number of alkyl halides is 1. The molecule has 0 saturated carbocycles. The Labute approximate surface area is 82.3 Å². The van der Waals surface area contributed by atoms with Gasteiger partial charge in [0, 0.05) is 6.20 Å². The van der Waals surface area contributed by atoms with E-state index in [9.17, 15) is 0 Å². The summed E-state index contributed by atoms with van der Waals surface area (Å²) in [4.78, 5) is 0. The van der Waals surface area contributed by atoms with Crippen LogP contribution in [-0.4, -0.2) is 5.38 Å². The van der Waals surface area contributed by atoms with E-state index in [1.165, 1.54) is 0 Å². The maximum Gasteiger partial charge on any atom is 0.102 e. The van der Waals surface area contributed by atoms with E-state index in [1.54, 1.807) is 6.08 Å². The molecule has 0 bridgehead atoms. The molecule has 0 aromatic heterocycles. The van der Waals surface area contributed by atoms with Gasteiger partial charge in [-0.25, -0.2) is 0 Å². The van der Waals surface area contributed by atoms with Gasteiger partial charge in [0.1, 0.15) is 6.07 Å². The molecule has 0 aromatic rings. The van der Waals surface area contributed by atoms with Crippen LogP contribution in [-0.2, 0) is 0 Å². The predicted octanol–water partition coefficient (Wildman–Crippen LogP) is 2.49. The van der Waals surface area contributed by atoms with E-state index in [2.05, 4.69) is 0 Å². The van der Waals surface area contributed by atoms with Crippen LogP contribution < -0.4 is 5.73 Å². The van der Waals surface area contributed by atoms with E-state index in [1.807, 2.05) is 13.0 Å². The highest BCUT2D eigenvalue weighted by molar-refractivity contribution is 6.33. The van der Waals surface area contributed by atoms with E-state index in [4.69, 9.17) is 34.2 Å². The number of nitrogens with zero attached hydrogens (tertiary/aromatic N) is 1. The summed E-state index contributed by atoms with van der Waals surface area (Å²) in [5.41, 5.74) is 5.39. The summed E-state index contributed by atoms with van der Waals surface area (Å²) in [6.45, 7) is 1.93. The molecule has 2 nitrogen and oxygen atoms in total. The first kappa shape index (κ1) is 11.4. The van der Waals surface area contributed by atoms with E-state index in [0.29, 0.717) is 5.03 Å². The Morgan fingerprint density at radius 3 is 2.67 bits per heavy atom. The minimum Gasteiger partial charge on any atom is -0.403 e. The van der Waals surface area contributed by atoms with Crippen molar-refractivity contribution in [3.8, 4) is 6.07 Å². The Morgan fingerprint density at radius 2 is 2.33 bits per heavy atom. The number of nitrogens with two attached hydrogens (primary N) is 1. The Hall–Kier alpha value is -0.650. The summed E-state index contributed by atoms with van der Waals surface area (Å²) in [7, 11) is 0. The third kappa shape index (κ3) is 3.66. The second-order valence-corrected chi connectivity index (χ2v) is 3.10. The molecule has 2 N–H and O–H groups in total. The second-order valence-electron chi connectivity index (χ2n) is 2.13. The summed E-state index contributed by atoms with van der Waals surface area (Å²) in [5, 5.41) is 8.67. The first-order valence-electron chi connectivity index (χ1n) is 3.49. The van der Waals surface area contributed by atoms with Gasteiger partial charge in [0.25, 0.3) is 0 Å². The number of hydrogen-bond acceptors (Lipinski definition) is 2. The maximum atomic E-state index is 8.52. The zero-order chi connectivity index (χ0) is 9.56. The molecule has 0 heterocycles. The van der Waals surface area contributed by atoms with Crippen LogP contribution in [0.5, 0.6) is 0 Å². The molecule has 0 aromatic carbocycles. The molecule has 1 unspecified atom stereocenters. The number of hydrogen-bond donors (Lipinski definition) is 1. The summed E-state index contributed by atoms with van der Waals surface area (Å²) in [6.07, 6.45) is 3.53. The van der Waals surface area contributed by atoms with Crippen LogP contribution in [0, 0.1) is 11.3 Å². The lowest BCUT2D eigenvalue weighted by atomic mass is 10.2. The molecule has 12 heavy (non-hydrogen) atoms. The number of rotatable bonds is 3. The Kier molecular flexibility index (Phi) is 5.61. The summed E-state index contributed by atoms with van der Waals surface area (Å²) >= 11 is 11.5. The van der Waals surface area contributed by atoms with Gasteiger partial charge in [0.2, 0.25) is 0 Å². The van der Waals surface area contributed by atoms with Crippen molar-refractivity contribution in [2.45, 2.75) is 18.7 Å². The molecular weight excluding hydrogens is 195 g/mol. The number of nitriles is 1. The smallest absolute Gasteiger partial charge is 0.102 e. The monoisotopic (exact) mass is 204 g/mol. The zero-order valence-electron chi connectivity index (χ0n) is 6.72. The Bertz CT molecular complexity index is 238. The van der Waals surface area contributed by atoms with Gasteiger partial charge in [0.15, 0.2) is 0 Å². The molecule has 1 atom stereocenters. The highest BCUT2D eigenvalue weighted by Crippen LogP contribution is 2.16. The summed E-state index contributed by atoms with van der Waals surface area (Å²) in [6, 6.07) is 1.86. The molecule has 0 aliphatic rings. The van der Waals surface area contributed by atoms with Gasteiger partial charge in [-0.1, -0.05) is 18.5 Å². The van der Waals surface area contributed by atoms with Crippen molar-refractivity contribution in [3.05, 3.63) is 22.9 Å². The lowest BCUT2D eigenvalue weighted by Crippen LogP contribution is -1.93. The SMILES string of the molecule is CCC(Cl)/C=C(Cl)\C(C#N)=C/N. The minimum absolute atomic E-state index is 0.152. The predicted molar refractivity (Wildman–Crippen MR) is 51.8 cm³/mol. The van der Waals surface area contributed by atoms with Gasteiger partial charge in [-0.05, 0) is 12.5 Å². The standard InChI is InChI=1S/C8H10Cl2N2/c1-2-7(9)3-8(10)6(4-11)5-12/h3-4,7H,2,11H2,1H3/b6-4-,8-3+. The molecule has 0 aliphatic carbocycles. The summed E-state index contributed by atoms with van der Waals surface area (Å²) < 4.78 is 0. The van der Waals surface area contributed by atoms with Gasteiger partial charge >= 0.3 is 0 Å². The molecule has 66 valence electrons. The van der Waals surface area contributed by atoms with E-state index in [0.717, 1.165) is 12.6 Å². The highest BCUT2D eigenvalue weighted by atomic mass is 35.5. The Morgan fingerprint density at radius 1 is 1.75 bits per heavy atom. The van der Waals surface area contributed by atoms with Crippen molar-refractivity contribution in [1.29, 1.82) is 5.26 Å². The fourth-order valence-corrected chi connectivity index (χ4v) is 0.984. The van der Waals surface area contributed by atoms with Crippen LogP contribution in [0.3, 0.4) is 0 Å². The molecule has 0 saturated heterocycles. The van der Waals surface area contributed by atoms with Crippen LogP contribution in [0.25, 0.3) is 0 Å². The van der Waals surface area contributed by atoms with Gasteiger partial charge < -0.3 is 5.73 Å². The lowest BCUT2D eigenvalue weighted by molar-refractivity contribution is 0.964. The molecule has 0 radical (unpaired) electrons. The van der Waals surface area contributed by atoms with Crippen molar-refractivity contribution in [3.63, 3.8) is 0 Å². The Balaban J connectivity index is 4.48. The maximum absolute atomic E-state index is 8.52. The number of allylic oxidation sites excluding steroid dienone is 3. The van der Waals surface area contributed by atoms with Crippen molar-refractivity contribution >= 4 is 23.2 Å². The average Bonchev–Trinajstić information content (AvgIpc) is 2.06. The largest absolute Gasteiger partial charge is 0.403 e. The molecule has 0 amide bonds. The van der Waals surface area contributed by atoms with Crippen LogP contribution in [0.2, 0.25) is 0 Å². The van der Waals surface area contributed by atoms with Crippen molar-refractivity contribution in [2.75, 3.05) is 0 Å². The average molecular weight is 205 g/mol. The van der Waals surface area contributed by atoms with Crippen LogP contribution >= 0.6 is 23.2 Å². The molecule has 0 spiro atoms. The number of halogens is 2. The van der Waals surface area contributed by atoms with Crippen molar-refractivity contribution < 1.29 is 0 Å². The fourth-order valence-electron chi connectivity index (χ4n) is 0.537. The van der Waals surface area contributed by atoms with E-state index >= 15 is 0 Å². The van der Waals surface area contributed by atoms with E-state index in [-0.39, 0.29) is 11.0 Å². The van der Waals surface area contributed by atoms with Crippen molar-refractivity contribution in [2.24, 2.45) is 5.73 Å². The van der Waals surface area contributed by atoms with Gasteiger partial charge in [-0.15, -0.1) is 11.6 Å². The van der Waals surface area contributed by atoms with Gasteiger partial charge in [-0.2, -0.15) is 5.26 Å². The normalized spacial score (nSPS) is 15.5. The fraction of sp³-hybridized carbons (Fsp3) is 0.375. The quantitative estimate of drug-likeness (QED) is 0.437. The molecule has 0 aliphatic heterocycles.